The first-order valence-electron chi connectivity index (χ1n) is 5.05. The molecule has 4 heteroatoms. The minimum absolute atomic E-state index is 0.109. The zero-order valence-corrected chi connectivity index (χ0v) is 9.66. The Hall–Kier alpha value is -1.87. The van der Waals surface area contributed by atoms with Crippen LogP contribution in [0.25, 0.3) is 0 Å². The Morgan fingerprint density at radius 1 is 1.12 bits per heavy atom. The molecule has 2 rings (SSSR count). The van der Waals surface area contributed by atoms with E-state index in [0.717, 1.165) is 5.69 Å². The summed E-state index contributed by atoms with van der Waals surface area (Å²) >= 11 is 5.58. The molecular weight excluding hydrogens is 239 g/mol. The average molecular weight is 249 g/mol. The van der Waals surface area contributed by atoms with Gasteiger partial charge in [-0.15, -0.1) is 0 Å². The largest absolute Gasteiger partial charge is 0.279 e. The molecule has 0 bridgehead atoms. The number of para-hydroxylation sites is 1. The van der Waals surface area contributed by atoms with Crippen molar-refractivity contribution in [1.82, 2.24) is 0 Å². The van der Waals surface area contributed by atoms with Gasteiger partial charge in [-0.2, -0.15) is 5.10 Å². The first-order valence-corrected chi connectivity index (χ1v) is 5.43. The summed E-state index contributed by atoms with van der Waals surface area (Å²) in [7, 11) is 0. The van der Waals surface area contributed by atoms with Gasteiger partial charge in [-0.05, 0) is 29.8 Å². The summed E-state index contributed by atoms with van der Waals surface area (Å²) in [6, 6.07) is 14.0. The third kappa shape index (κ3) is 3.29. The van der Waals surface area contributed by atoms with Crippen molar-refractivity contribution >= 4 is 23.5 Å². The molecule has 0 spiro atoms. The van der Waals surface area contributed by atoms with Crippen LogP contribution in [0.5, 0.6) is 0 Å². The molecule has 2 aromatic rings. The normalized spacial score (nSPS) is 10.7. The SMILES string of the molecule is Fc1cc(C=NNc2ccccc2)ccc1Cl. The number of hydrogen-bond donors (Lipinski definition) is 1. The maximum atomic E-state index is 13.1. The van der Waals surface area contributed by atoms with Crippen molar-refractivity contribution < 1.29 is 4.39 Å². The van der Waals surface area contributed by atoms with Gasteiger partial charge in [-0.3, -0.25) is 5.43 Å². The second kappa shape index (κ2) is 5.46. The lowest BCUT2D eigenvalue weighted by molar-refractivity contribution is 0.628. The van der Waals surface area contributed by atoms with Gasteiger partial charge >= 0.3 is 0 Å². The van der Waals surface area contributed by atoms with Crippen LogP contribution in [0.3, 0.4) is 0 Å². The molecule has 0 atom stereocenters. The molecule has 1 N–H and O–H groups in total. The number of halogens is 2. The number of nitrogens with zero attached hydrogens (tertiary/aromatic N) is 1. The fraction of sp³-hybridized carbons (Fsp3) is 0. The fourth-order valence-corrected chi connectivity index (χ4v) is 1.40. The summed E-state index contributed by atoms with van der Waals surface area (Å²) in [5.74, 6) is -0.449. The second-order valence-corrected chi connectivity index (χ2v) is 3.82. The van der Waals surface area contributed by atoms with E-state index in [0.29, 0.717) is 5.56 Å². The molecule has 2 aromatic carbocycles. The molecular formula is C13H10ClFN2. The maximum absolute atomic E-state index is 13.1. The predicted molar refractivity (Wildman–Crippen MR) is 69.1 cm³/mol. The molecule has 2 nitrogen and oxygen atoms in total. The van der Waals surface area contributed by atoms with Crippen molar-refractivity contribution in [2.45, 2.75) is 0 Å². The number of nitrogens with one attached hydrogen (secondary N) is 1. The van der Waals surface area contributed by atoms with E-state index >= 15 is 0 Å². The van der Waals surface area contributed by atoms with E-state index in [2.05, 4.69) is 10.5 Å². The van der Waals surface area contributed by atoms with Gasteiger partial charge in [0.05, 0.1) is 16.9 Å². The highest BCUT2D eigenvalue weighted by molar-refractivity contribution is 6.30. The summed E-state index contributed by atoms with van der Waals surface area (Å²) in [6.07, 6.45) is 1.53. The minimum atomic E-state index is -0.449. The van der Waals surface area contributed by atoms with Gasteiger partial charge in [0.1, 0.15) is 5.82 Å². The van der Waals surface area contributed by atoms with Crippen LogP contribution in [-0.4, -0.2) is 6.21 Å². The van der Waals surface area contributed by atoms with Gasteiger partial charge in [0.2, 0.25) is 0 Å². The monoisotopic (exact) mass is 248 g/mol. The van der Waals surface area contributed by atoms with Gasteiger partial charge in [-0.25, -0.2) is 4.39 Å². The first kappa shape index (κ1) is 11.6. The van der Waals surface area contributed by atoms with Crippen LogP contribution in [0.2, 0.25) is 5.02 Å². The quantitative estimate of drug-likeness (QED) is 0.646. The smallest absolute Gasteiger partial charge is 0.142 e. The van der Waals surface area contributed by atoms with Crippen LogP contribution in [0.1, 0.15) is 5.56 Å². The van der Waals surface area contributed by atoms with E-state index in [9.17, 15) is 4.39 Å². The van der Waals surface area contributed by atoms with E-state index < -0.39 is 5.82 Å². The van der Waals surface area contributed by atoms with E-state index in [1.54, 1.807) is 6.07 Å². The molecule has 0 aliphatic carbocycles. The lowest BCUT2D eigenvalue weighted by Gasteiger charge is -1.99. The Morgan fingerprint density at radius 3 is 2.59 bits per heavy atom. The van der Waals surface area contributed by atoms with Gasteiger partial charge < -0.3 is 0 Å². The van der Waals surface area contributed by atoms with Crippen molar-refractivity contribution in [2.75, 3.05) is 5.43 Å². The Morgan fingerprint density at radius 2 is 1.88 bits per heavy atom. The Kier molecular flexibility index (Phi) is 3.73. The molecule has 0 unspecified atom stereocenters. The molecule has 0 saturated carbocycles. The number of rotatable bonds is 3. The molecule has 0 saturated heterocycles. The van der Waals surface area contributed by atoms with Crippen molar-refractivity contribution in [3.63, 3.8) is 0 Å². The highest BCUT2D eigenvalue weighted by Gasteiger charge is 1.98. The summed E-state index contributed by atoms with van der Waals surface area (Å²) < 4.78 is 13.1. The predicted octanol–water partition coefficient (Wildman–Crippen LogP) is 3.93. The highest BCUT2D eigenvalue weighted by atomic mass is 35.5. The Balaban J connectivity index is 2.03. The summed E-state index contributed by atoms with van der Waals surface area (Å²) in [4.78, 5) is 0. The number of hydrogen-bond acceptors (Lipinski definition) is 2. The van der Waals surface area contributed by atoms with Crippen LogP contribution in [0.4, 0.5) is 10.1 Å². The van der Waals surface area contributed by atoms with E-state index in [-0.39, 0.29) is 5.02 Å². The molecule has 17 heavy (non-hydrogen) atoms. The second-order valence-electron chi connectivity index (χ2n) is 3.41. The molecule has 0 aromatic heterocycles. The number of benzene rings is 2. The summed E-state index contributed by atoms with van der Waals surface area (Å²) in [6.45, 7) is 0. The van der Waals surface area contributed by atoms with Gasteiger partial charge in [0.25, 0.3) is 0 Å². The number of anilines is 1. The van der Waals surface area contributed by atoms with E-state index in [4.69, 9.17) is 11.6 Å². The fourth-order valence-electron chi connectivity index (χ4n) is 1.29. The third-order valence-corrected chi connectivity index (χ3v) is 2.43. The minimum Gasteiger partial charge on any atom is -0.279 e. The Bertz CT molecular complexity index is 526. The van der Waals surface area contributed by atoms with Crippen molar-refractivity contribution in [1.29, 1.82) is 0 Å². The zero-order valence-electron chi connectivity index (χ0n) is 8.90. The van der Waals surface area contributed by atoms with Gasteiger partial charge in [-0.1, -0.05) is 35.9 Å². The maximum Gasteiger partial charge on any atom is 0.142 e. The van der Waals surface area contributed by atoms with Crippen LogP contribution in [-0.2, 0) is 0 Å². The van der Waals surface area contributed by atoms with E-state index in [1.807, 2.05) is 30.3 Å². The molecule has 0 radical (unpaired) electrons. The van der Waals surface area contributed by atoms with Crippen molar-refractivity contribution in [2.24, 2.45) is 5.10 Å². The highest BCUT2D eigenvalue weighted by Crippen LogP contribution is 2.14. The van der Waals surface area contributed by atoms with Gasteiger partial charge in [0, 0.05) is 0 Å². The van der Waals surface area contributed by atoms with Crippen molar-refractivity contribution in [3.8, 4) is 0 Å². The zero-order chi connectivity index (χ0) is 12.1. The third-order valence-electron chi connectivity index (χ3n) is 2.12. The van der Waals surface area contributed by atoms with Crippen molar-refractivity contribution in [3.05, 3.63) is 64.9 Å². The topological polar surface area (TPSA) is 24.4 Å². The van der Waals surface area contributed by atoms with Gasteiger partial charge in [0.15, 0.2) is 0 Å². The molecule has 0 heterocycles. The van der Waals surface area contributed by atoms with Crippen LogP contribution < -0.4 is 5.43 Å². The first-order chi connectivity index (χ1) is 8.25. The summed E-state index contributed by atoms with van der Waals surface area (Å²) in [5.41, 5.74) is 4.36. The molecule has 0 aliphatic heterocycles. The van der Waals surface area contributed by atoms with Crippen LogP contribution in [0.15, 0.2) is 53.6 Å². The summed E-state index contributed by atoms with van der Waals surface area (Å²) in [5, 5.41) is 4.11. The lowest BCUT2D eigenvalue weighted by atomic mass is 10.2. The molecule has 86 valence electrons. The number of hydrazone groups is 1. The standard InChI is InChI=1S/C13H10ClFN2/c14-12-7-6-10(8-13(12)15)9-16-17-11-4-2-1-3-5-11/h1-9,17H. The van der Waals surface area contributed by atoms with Crippen LogP contribution >= 0.6 is 11.6 Å². The average Bonchev–Trinajstić information content (AvgIpc) is 2.35. The van der Waals surface area contributed by atoms with Crippen LogP contribution in [0, 0.1) is 5.82 Å². The molecule has 0 fully saturated rings. The Labute approximate surface area is 104 Å². The molecule has 0 amide bonds. The molecule has 0 aliphatic rings. The lowest BCUT2D eigenvalue weighted by Crippen LogP contribution is -1.90. The van der Waals surface area contributed by atoms with E-state index in [1.165, 1.54) is 18.3 Å².